The highest BCUT2D eigenvalue weighted by atomic mass is 16.4. The van der Waals surface area contributed by atoms with E-state index in [0.717, 1.165) is 37.5 Å². The van der Waals surface area contributed by atoms with Crippen molar-refractivity contribution in [1.29, 1.82) is 0 Å². The van der Waals surface area contributed by atoms with Crippen LogP contribution in [0, 0.1) is 11.8 Å². The lowest BCUT2D eigenvalue weighted by Gasteiger charge is -1.93. The van der Waals surface area contributed by atoms with E-state index in [9.17, 15) is 4.79 Å². The standard InChI is InChI=1S/C17H26O3/c1-14(18)9-5-4-7-11-16-13-15(16)10-6-2-3-8-12-17(19)20/h2,4-7,9,14-16,18H,3,8,10-13H2,1H3,(H,19,20)/b6-2-,7-4-,9-5+/t14?,15-,16-/m1/s1. The molecule has 1 fully saturated rings. The van der Waals surface area contributed by atoms with Crippen LogP contribution in [0.3, 0.4) is 0 Å². The van der Waals surface area contributed by atoms with Crippen LogP contribution >= 0.6 is 0 Å². The van der Waals surface area contributed by atoms with Crippen LogP contribution in [0.1, 0.15) is 45.4 Å². The first-order valence-corrected chi connectivity index (χ1v) is 7.47. The van der Waals surface area contributed by atoms with E-state index in [4.69, 9.17) is 10.2 Å². The van der Waals surface area contributed by atoms with Crippen LogP contribution in [0.25, 0.3) is 0 Å². The van der Waals surface area contributed by atoms with Gasteiger partial charge in [-0.15, -0.1) is 0 Å². The van der Waals surface area contributed by atoms with E-state index in [1.54, 1.807) is 13.0 Å². The van der Waals surface area contributed by atoms with Crippen molar-refractivity contribution < 1.29 is 15.0 Å². The maximum Gasteiger partial charge on any atom is 0.303 e. The van der Waals surface area contributed by atoms with Gasteiger partial charge in [0.25, 0.3) is 0 Å². The van der Waals surface area contributed by atoms with Crippen molar-refractivity contribution >= 4 is 5.97 Å². The third kappa shape index (κ3) is 8.70. The SMILES string of the molecule is CC(O)/C=C/C=C\C[C@@H]1C[C@H]1C/C=C\CCCC(=O)O. The molecule has 0 aromatic rings. The van der Waals surface area contributed by atoms with Gasteiger partial charge in [0, 0.05) is 6.42 Å². The van der Waals surface area contributed by atoms with Crippen molar-refractivity contribution in [2.24, 2.45) is 11.8 Å². The van der Waals surface area contributed by atoms with Gasteiger partial charge in [0.05, 0.1) is 6.10 Å². The molecule has 3 heteroatoms. The smallest absolute Gasteiger partial charge is 0.303 e. The predicted molar refractivity (Wildman–Crippen MR) is 81.4 cm³/mol. The number of aliphatic hydroxyl groups is 1. The summed E-state index contributed by atoms with van der Waals surface area (Å²) in [6, 6.07) is 0. The molecule has 1 saturated carbocycles. The Bertz CT molecular complexity index is 366. The van der Waals surface area contributed by atoms with Gasteiger partial charge in [0.15, 0.2) is 0 Å². The van der Waals surface area contributed by atoms with E-state index in [-0.39, 0.29) is 12.5 Å². The Balaban J connectivity index is 2.00. The Hall–Kier alpha value is -1.35. The summed E-state index contributed by atoms with van der Waals surface area (Å²) in [7, 11) is 0. The van der Waals surface area contributed by atoms with Crippen LogP contribution in [-0.2, 0) is 4.79 Å². The fourth-order valence-corrected chi connectivity index (χ4v) is 2.20. The summed E-state index contributed by atoms with van der Waals surface area (Å²) in [5, 5.41) is 17.5. The van der Waals surface area contributed by atoms with Crippen molar-refractivity contribution in [3.63, 3.8) is 0 Å². The van der Waals surface area contributed by atoms with Gasteiger partial charge in [-0.1, -0.05) is 36.5 Å². The number of aliphatic hydroxyl groups excluding tert-OH is 1. The number of allylic oxidation sites excluding steroid dienone is 5. The zero-order chi connectivity index (χ0) is 14.8. The Morgan fingerprint density at radius 1 is 1.20 bits per heavy atom. The van der Waals surface area contributed by atoms with Gasteiger partial charge in [-0.3, -0.25) is 4.79 Å². The van der Waals surface area contributed by atoms with Gasteiger partial charge in [0.1, 0.15) is 0 Å². The summed E-state index contributed by atoms with van der Waals surface area (Å²) in [6.07, 6.45) is 17.2. The molecule has 0 heterocycles. The molecule has 0 spiro atoms. The van der Waals surface area contributed by atoms with Crippen LogP contribution in [0.2, 0.25) is 0 Å². The van der Waals surface area contributed by atoms with Crippen molar-refractivity contribution in [2.45, 2.75) is 51.6 Å². The molecule has 3 nitrogen and oxygen atoms in total. The normalized spacial score (nSPS) is 23.9. The molecule has 0 saturated heterocycles. The summed E-state index contributed by atoms with van der Waals surface area (Å²) in [5.74, 6) is 0.892. The predicted octanol–water partition coefficient (Wildman–Crippen LogP) is 3.71. The topological polar surface area (TPSA) is 57.5 Å². The van der Waals surface area contributed by atoms with Crippen molar-refractivity contribution in [3.8, 4) is 0 Å². The first-order valence-electron chi connectivity index (χ1n) is 7.47. The molecule has 2 N–H and O–H groups in total. The van der Waals surface area contributed by atoms with Gasteiger partial charge >= 0.3 is 5.97 Å². The first-order chi connectivity index (χ1) is 9.59. The summed E-state index contributed by atoms with van der Waals surface area (Å²) in [6.45, 7) is 1.74. The number of carboxylic acids is 1. The van der Waals surface area contributed by atoms with E-state index in [1.165, 1.54) is 6.42 Å². The number of hydrogen-bond acceptors (Lipinski definition) is 2. The van der Waals surface area contributed by atoms with E-state index >= 15 is 0 Å². The fourth-order valence-electron chi connectivity index (χ4n) is 2.20. The zero-order valence-corrected chi connectivity index (χ0v) is 12.2. The quantitative estimate of drug-likeness (QED) is 0.364. The van der Waals surface area contributed by atoms with Gasteiger partial charge in [0.2, 0.25) is 0 Å². The molecular weight excluding hydrogens is 252 g/mol. The lowest BCUT2D eigenvalue weighted by atomic mass is 10.1. The number of hydrogen-bond donors (Lipinski definition) is 2. The molecule has 0 aromatic heterocycles. The highest BCUT2D eigenvalue weighted by Crippen LogP contribution is 2.44. The molecular formula is C17H26O3. The Morgan fingerprint density at radius 2 is 1.90 bits per heavy atom. The largest absolute Gasteiger partial charge is 0.481 e. The van der Waals surface area contributed by atoms with E-state index in [1.807, 2.05) is 12.2 Å². The Labute approximate surface area is 121 Å². The van der Waals surface area contributed by atoms with Gasteiger partial charge in [-0.05, 0) is 50.9 Å². The fraction of sp³-hybridized carbons (Fsp3) is 0.588. The lowest BCUT2D eigenvalue weighted by Crippen LogP contribution is -1.92. The molecule has 3 atom stereocenters. The van der Waals surface area contributed by atoms with Crippen LogP contribution in [0.5, 0.6) is 0 Å². The molecule has 0 aliphatic heterocycles. The highest BCUT2D eigenvalue weighted by Gasteiger charge is 2.34. The molecule has 1 rings (SSSR count). The minimum Gasteiger partial charge on any atom is -0.481 e. The van der Waals surface area contributed by atoms with Gasteiger partial charge in [-0.2, -0.15) is 0 Å². The van der Waals surface area contributed by atoms with E-state index < -0.39 is 5.97 Å². The maximum absolute atomic E-state index is 10.3. The number of unbranched alkanes of at least 4 members (excludes halogenated alkanes) is 1. The molecule has 1 aliphatic carbocycles. The van der Waals surface area contributed by atoms with Crippen LogP contribution in [0.15, 0.2) is 36.5 Å². The third-order valence-electron chi connectivity index (χ3n) is 3.51. The molecule has 20 heavy (non-hydrogen) atoms. The minimum absolute atomic E-state index is 0.265. The lowest BCUT2D eigenvalue weighted by molar-refractivity contribution is -0.137. The number of aliphatic carboxylic acids is 1. The second-order valence-electron chi connectivity index (χ2n) is 5.54. The summed E-state index contributed by atoms with van der Waals surface area (Å²) < 4.78 is 0. The molecule has 112 valence electrons. The molecule has 0 bridgehead atoms. The zero-order valence-electron chi connectivity index (χ0n) is 12.2. The number of rotatable bonds is 10. The molecule has 1 aliphatic rings. The van der Waals surface area contributed by atoms with Crippen LogP contribution in [0.4, 0.5) is 0 Å². The average Bonchev–Trinajstić information content (AvgIpc) is 3.11. The molecule has 0 radical (unpaired) electrons. The minimum atomic E-state index is -0.711. The van der Waals surface area contributed by atoms with Crippen LogP contribution < -0.4 is 0 Å². The van der Waals surface area contributed by atoms with E-state index in [2.05, 4.69) is 18.2 Å². The molecule has 0 aromatic carbocycles. The number of carboxylic acid groups (broad SMARTS) is 1. The summed E-state index contributed by atoms with van der Waals surface area (Å²) >= 11 is 0. The molecule has 0 amide bonds. The maximum atomic E-state index is 10.3. The third-order valence-corrected chi connectivity index (χ3v) is 3.51. The van der Waals surface area contributed by atoms with Gasteiger partial charge in [-0.25, -0.2) is 0 Å². The number of carbonyl (C=O) groups is 1. The average molecular weight is 278 g/mol. The highest BCUT2D eigenvalue weighted by molar-refractivity contribution is 5.66. The second kappa shape index (κ2) is 9.54. The van der Waals surface area contributed by atoms with Gasteiger partial charge < -0.3 is 10.2 Å². The first kappa shape index (κ1) is 16.7. The van der Waals surface area contributed by atoms with Crippen molar-refractivity contribution in [1.82, 2.24) is 0 Å². The van der Waals surface area contributed by atoms with Crippen molar-refractivity contribution in [3.05, 3.63) is 36.5 Å². The van der Waals surface area contributed by atoms with E-state index in [0.29, 0.717) is 0 Å². The Kier molecular flexibility index (Phi) is 7.97. The Morgan fingerprint density at radius 3 is 2.55 bits per heavy atom. The molecule has 1 unspecified atom stereocenters. The van der Waals surface area contributed by atoms with Crippen LogP contribution in [-0.4, -0.2) is 22.3 Å². The monoisotopic (exact) mass is 278 g/mol. The van der Waals surface area contributed by atoms with Crippen molar-refractivity contribution in [2.75, 3.05) is 0 Å². The summed E-state index contributed by atoms with van der Waals surface area (Å²) in [4.78, 5) is 10.3. The summed E-state index contributed by atoms with van der Waals surface area (Å²) in [5.41, 5.74) is 0. The second-order valence-corrected chi connectivity index (χ2v) is 5.54.